The molecule has 2 N–H and O–H groups in total. The lowest BCUT2D eigenvalue weighted by Crippen LogP contribution is -2.38. The summed E-state index contributed by atoms with van der Waals surface area (Å²) in [4.78, 5) is 6.48. The molecule has 2 heterocycles. The summed E-state index contributed by atoms with van der Waals surface area (Å²) in [7, 11) is 0. The number of halogens is 2. The van der Waals surface area contributed by atoms with Gasteiger partial charge in [-0.25, -0.2) is 9.67 Å². The van der Waals surface area contributed by atoms with Crippen molar-refractivity contribution in [3.63, 3.8) is 0 Å². The number of benzene rings is 1. The molecule has 22 heavy (non-hydrogen) atoms. The third kappa shape index (κ3) is 3.98. The Labute approximate surface area is 141 Å². The Morgan fingerprint density at radius 3 is 2.95 bits per heavy atom. The Bertz CT molecular complexity index is 588. The highest BCUT2D eigenvalue weighted by molar-refractivity contribution is 6.30. The van der Waals surface area contributed by atoms with Crippen LogP contribution < -0.4 is 5.73 Å². The van der Waals surface area contributed by atoms with Crippen LogP contribution in [-0.4, -0.2) is 39.3 Å². The zero-order valence-electron chi connectivity index (χ0n) is 12.4. The van der Waals surface area contributed by atoms with Gasteiger partial charge in [0.05, 0.1) is 5.69 Å². The van der Waals surface area contributed by atoms with E-state index in [9.17, 15) is 0 Å². The number of likely N-dealkylation sites (tertiary alicyclic amines) is 1. The Morgan fingerprint density at radius 2 is 2.23 bits per heavy atom. The minimum atomic E-state index is 0. The van der Waals surface area contributed by atoms with Gasteiger partial charge in [0.1, 0.15) is 12.7 Å². The molecular formula is C15H21Cl2N5. The first-order valence-corrected chi connectivity index (χ1v) is 7.70. The van der Waals surface area contributed by atoms with Crippen molar-refractivity contribution in [3.05, 3.63) is 41.4 Å². The van der Waals surface area contributed by atoms with Gasteiger partial charge in [-0.15, -0.1) is 12.4 Å². The molecule has 0 saturated carbocycles. The van der Waals surface area contributed by atoms with Crippen molar-refractivity contribution >= 4 is 24.0 Å². The summed E-state index contributed by atoms with van der Waals surface area (Å²) in [5.74, 6) is 0.612. The van der Waals surface area contributed by atoms with Crippen molar-refractivity contribution in [2.24, 2.45) is 11.7 Å². The third-order valence-corrected chi connectivity index (χ3v) is 4.28. The van der Waals surface area contributed by atoms with Crippen molar-refractivity contribution in [1.82, 2.24) is 19.7 Å². The van der Waals surface area contributed by atoms with Crippen LogP contribution in [0.4, 0.5) is 0 Å². The predicted octanol–water partition coefficient (Wildman–Crippen LogP) is 2.51. The highest BCUT2D eigenvalue weighted by atomic mass is 35.5. The number of nitrogens with two attached hydrogens (primary N) is 1. The fraction of sp³-hybridized carbons (Fsp3) is 0.467. The minimum absolute atomic E-state index is 0. The lowest BCUT2D eigenvalue weighted by atomic mass is 9.97. The molecule has 1 aliphatic rings. The van der Waals surface area contributed by atoms with Crippen LogP contribution in [0.2, 0.25) is 5.02 Å². The topological polar surface area (TPSA) is 60.0 Å². The van der Waals surface area contributed by atoms with E-state index in [-0.39, 0.29) is 12.4 Å². The van der Waals surface area contributed by atoms with Crippen LogP contribution in [0.25, 0.3) is 5.69 Å². The quantitative estimate of drug-likeness (QED) is 0.928. The molecule has 1 aromatic heterocycles. The van der Waals surface area contributed by atoms with Crippen molar-refractivity contribution in [2.75, 3.05) is 19.6 Å². The lowest BCUT2D eigenvalue weighted by Gasteiger charge is -2.32. The molecule has 0 aliphatic carbocycles. The number of aromatic nitrogens is 3. The van der Waals surface area contributed by atoms with Gasteiger partial charge in [0.15, 0.2) is 0 Å². The molecule has 0 radical (unpaired) electrons. The molecule has 0 bridgehead atoms. The van der Waals surface area contributed by atoms with E-state index in [1.807, 2.05) is 12.1 Å². The SMILES string of the molecule is Cl.NCC1CCCN(Cc2ccc(Cl)cc2-n2cncn2)C1. The van der Waals surface area contributed by atoms with Gasteiger partial charge in [0, 0.05) is 18.1 Å². The molecule has 0 amide bonds. The Kier molecular flexibility index (Phi) is 6.20. The predicted molar refractivity (Wildman–Crippen MR) is 90.7 cm³/mol. The van der Waals surface area contributed by atoms with Crippen LogP contribution in [0.1, 0.15) is 18.4 Å². The third-order valence-electron chi connectivity index (χ3n) is 4.04. The number of nitrogens with zero attached hydrogens (tertiary/aromatic N) is 4. The van der Waals surface area contributed by atoms with Gasteiger partial charge in [0.25, 0.3) is 0 Å². The molecule has 1 fully saturated rings. The summed E-state index contributed by atoms with van der Waals surface area (Å²) in [6.07, 6.45) is 5.70. The summed E-state index contributed by atoms with van der Waals surface area (Å²) in [6, 6.07) is 5.95. The standard InChI is InChI=1S/C15H20ClN5.ClH/c16-14-4-3-13(15(6-14)21-11-18-10-19-21)9-20-5-1-2-12(7-17)8-20;/h3-4,6,10-12H,1-2,5,7-9,17H2;1H. The lowest BCUT2D eigenvalue weighted by molar-refractivity contribution is 0.171. The zero-order chi connectivity index (χ0) is 14.7. The van der Waals surface area contributed by atoms with Gasteiger partial charge < -0.3 is 5.73 Å². The van der Waals surface area contributed by atoms with Crippen molar-refractivity contribution in [2.45, 2.75) is 19.4 Å². The van der Waals surface area contributed by atoms with E-state index in [2.05, 4.69) is 21.0 Å². The molecule has 0 spiro atoms. The fourth-order valence-electron chi connectivity index (χ4n) is 2.94. The normalized spacial score (nSPS) is 18.9. The second-order valence-electron chi connectivity index (χ2n) is 5.59. The van der Waals surface area contributed by atoms with Gasteiger partial charge in [-0.2, -0.15) is 5.10 Å². The first-order chi connectivity index (χ1) is 10.3. The maximum atomic E-state index is 6.13. The van der Waals surface area contributed by atoms with E-state index in [0.717, 1.165) is 31.9 Å². The molecule has 1 saturated heterocycles. The average Bonchev–Trinajstić information content (AvgIpc) is 3.03. The minimum Gasteiger partial charge on any atom is -0.330 e. The molecule has 1 aliphatic heterocycles. The number of rotatable bonds is 4. The zero-order valence-corrected chi connectivity index (χ0v) is 13.9. The summed E-state index contributed by atoms with van der Waals surface area (Å²) in [6.45, 7) is 3.85. The average molecular weight is 342 g/mol. The van der Waals surface area contributed by atoms with E-state index < -0.39 is 0 Å². The molecule has 7 heteroatoms. The fourth-order valence-corrected chi connectivity index (χ4v) is 3.11. The van der Waals surface area contributed by atoms with E-state index in [0.29, 0.717) is 10.9 Å². The van der Waals surface area contributed by atoms with Crippen molar-refractivity contribution < 1.29 is 0 Å². The number of piperidine rings is 1. The maximum absolute atomic E-state index is 6.13. The van der Waals surface area contributed by atoms with E-state index >= 15 is 0 Å². The van der Waals surface area contributed by atoms with Crippen LogP contribution in [0.3, 0.4) is 0 Å². The summed E-state index contributed by atoms with van der Waals surface area (Å²) in [5, 5.41) is 4.93. The smallest absolute Gasteiger partial charge is 0.138 e. The summed E-state index contributed by atoms with van der Waals surface area (Å²) >= 11 is 6.13. The van der Waals surface area contributed by atoms with Crippen LogP contribution in [0, 0.1) is 5.92 Å². The van der Waals surface area contributed by atoms with E-state index in [4.69, 9.17) is 17.3 Å². The van der Waals surface area contributed by atoms with Crippen LogP contribution >= 0.6 is 24.0 Å². The van der Waals surface area contributed by atoms with E-state index in [1.54, 1.807) is 11.0 Å². The molecule has 1 unspecified atom stereocenters. The van der Waals surface area contributed by atoms with Crippen LogP contribution in [-0.2, 0) is 6.54 Å². The van der Waals surface area contributed by atoms with E-state index in [1.165, 1.54) is 24.7 Å². The largest absolute Gasteiger partial charge is 0.330 e. The second kappa shape index (κ2) is 7.92. The highest BCUT2D eigenvalue weighted by Gasteiger charge is 2.20. The van der Waals surface area contributed by atoms with Gasteiger partial charge in [-0.1, -0.05) is 17.7 Å². The van der Waals surface area contributed by atoms with Crippen LogP contribution in [0.5, 0.6) is 0 Å². The Hall–Kier alpha value is -1.14. The summed E-state index contributed by atoms with van der Waals surface area (Å²) in [5.41, 5.74) is 8.03. The first kappa shape index (κ1) is 17.2. The highest BCUT2D eigenvalue weighted by Crippen LogP contribution is 2.23. The van der Waals surface area contributed by atoms with Crippen molar-refractivity contribution in [3.8, 4) is 5.69 Å². The summed E-state index contributed by atoms with van der Waals surface area (Å²) < 4.78 is 1.77. The molecule has 1 atom stereocenters. The van der Waals surface area contributed by atoms with Gasteiger partial charge >= 0.3 is 0 Å². The Morgan fingerprint density at radius 1 is 1.36 bits per heavy atom. The molecule has 5 nitrogen and oxygen atoms in total. The van der Waals surface area contributed by atoms with Gasteiger partial charge in [-0.3, -0.25) is 4.90 Å². The number of hydrogen-bond donors (Lipinski definition) is 1. The monoisotopic (exact) mass is 341 g/mol. The Balaban J connectivity index is 0.00000176. The molecule has 3 rings (SSSR count). The molecule has 2 aromatic rings. The first-order valence-electron chi connectivity index (χ1n) is 7.32. The van der Waals surface area contributed by atoms with Crippen LogP contribution in [0.15, 0.2) is 30.9 Å². The number of hydrogen-bond acceptors (Lipinski definition) is 4. The molecule has 120 valence electrons. The van der Waals surface area contributed by atoms with Gasteiger partial charge in [-0.05, 0) is 49.5 Å². The second-order valence-corrected chi connectivity index (χ2v) is 6.03. The maximum Gasteiger partial charge on any atom is 0.138 e. The van der Waals surface area contributed by atoms with Crippen molar-refractivity contribution in [1.29, 1.82) is 0 Å². The molecule has 1 aromatic carbocycles. The van der Waals surface area contributed by atoms with Gasteiger partial charge in [0.2, 0.25) is 0 Å². The molecular weight excluding hydrogens is 321 g/mol.